The summed E-state index contributed by atoms with van der Waals surface area (Å²) in [4.78, 5) is 24.3. The average Bonchev–Trinajstić information content (AvgIpc) is 2.75. The number of anilines is 1. The SMILES string of the molecule is COCCNC(=O)c1ccc(NC(=S)NC(=O)c2ccc(OCCOC)cc2)cc1. The normalized spacial score (nSPS) is 10.2. The molecule has 0 aromatic heterocycles. The molecule has 3 N–H and O–H groups in total. The highest BCUT2D eigenvalue weighted by Gasteiger charge is 2.09. The highest BCUT2D eigenvalue weighted by Crippen LogP contribution is 2.13. The summed E-state index contributed by atoms with van der Waals surface area (Å²) in [5, 5.41) is 8.42. The lowest BCUT2D eigenvalue weighted by atomic mass is 10.2. The smallest absolute Gasteiger partial charge is 0.257 e. The Morgan fingerprint density at radius 1 is 0.833 bits per heavy atom. The lowest BCUT2D eigenvalue weighted by molar-refractivity contribution is 0.0935. The van der Waals surface area contributed by atoms with Gasteiger partial charge in [-0.15, -0.1) is 0 Å². The predicted octanol–water partition coefficient (Wildman–Crippen LogP) is 2.21. The first-order valence-electron chi connectivity index (χ1n) is 9.25. The van der Waals surface area contributed by atoms with Crippen molar-refractivity contribution in [2.24, 2.45) is 0 Å². The molecule has 30 heavy (non-hydrogen) atoms. The van der Waals surface area contributed by atoms with Crippen molar-refractivity contribution in [1.29, 1.82) is 0 Å². The lowest BCUT2D eigenvalue weighted by Crippen LogP contribution is -2.34. The van der Waals surface area contributed by atoms with Crippen LogP contribution in [-0.4, -0.2) is 57.5 Å². The molecule has 2 aromatic rings. The van der Waals surface area contributed by atoms with Gasteiger partial charge in [0.1, 0.15) is 12.4 Å². The fourth-order valence-electron chi connectivity index (χ4n) is 2.36. The van der Waals surface area contributed by atoms with Gasteiger partial charge in [0.2, 0.25) is 0 Å². The van der Waals surface area contributed by atoms with Crippen LogP contribution in [0.25, 0.3) is 0 Å². The number of carbonyl (C=O) groups is 2. The van der Waals surface area contributed by atoms with Crippen LogP contribution < -0.4 is 20.7 Å². The van der Waals surface area contributed by atoms with Crippen molar-refractivity contribution in [2.45, 2.75) is 0 Å². The van der Waals surface area contributed by atoms with E-state index >= 15 is 0 Å². The first-order valence-corrected chi connectivity index (χ1v) is 9.65. The van der Waals surface area contributed by atoms with Crippen LogP contribution in [0.5, 0.6) is 5.75 Å². The second-order valence-electron chi connectivity index (χ2n) is 6.10. The molecule has 2 amide bonds. The Morgan fingerprint density at radius 2 is 1.43 bits per heavy atom. The van der Waals surface area contributed by atoms with Crippen molar-refractivity contribution < 1.29 is 23.8 Å². The van der Waals surface area contributed by atoms with Gasteiger partial charge in [-0.2, -0.15) is 0 Å². The van der Waals surface area contributed by atoms with Gasteiger partial charge in [0, 0.05) is 37.6 Å². The minimum atomic E-state index is -0.343. The molecule has 0 saturated heterocycles. The summed E-state index contributed by atoms with van der Waals surface area (Å²) in [5.41, 5.74) is 1.61. The molecule has 2 rings (SSSR count). The van der Waals surface area contributed by atoms with Gasteiger partial charge in [0.05, 0.1) is 13.2 Å². The molecule has 0 radical (unpaired) electrons. The standard InChI is InChI=1S/C21H25N3O5S/c1-27-12-11-22-19(25)15-3-7-17(8-4-15)23-21(30)24-20(26)16-5-9-18(10-6-16)29-14-13-28-2/h3-10H,11-14H2,1-2H3,(H,22,25)(H2,23,24,26,30). The number of thiocarbonyl (C=S) groups is 1. The maximum absolute atomic E-state index is 12.3. The molecule has 0 spiro atoms. The largest absolute Gasteiger partial charge is 0.491 e. The van der Waals surface area contributed by atoms with Gasteiger partial charge in [-0.25, -0.2) is 0 Å². The van der Waals surface area contributed by atoms with E-state index in [4.69, 9.17) is 26.4 Å². The number of hydrogen-bond donors (Lipinski definition) is 3. The molecule has 9 heteroatoms. The van der Waals surface area contributed by atoms with Gasteiger partial charge < -0.3 is 24.8 Å². The number of amides is 2. The van der Waals surface area contributed by atoms with E-state index in [1.54, 1.807) is 62.8 Å². The van der Waals surface area contributed by atoms with Crippen molar-refractivity contribution in [2.75, 3.05) is 45.9 Å². The van der Waals surface area contributed by atoms with E-state index in [-0.39, 0.29) is 16.9 Å². The molecule has 0 atom stereocenters. The van der Waals surface area contributed by atoms with E-state index in [2.05, 4.69) is 16.0 Å². The Morgan fingerprint density at radius 3 is 2.07 bits per heavy atom. The summed E-state index contributed by atoms with van der Waals surface area (Å²) in [7, 11) is 3.17. The van der Waals surface area contributed by atoms with Crippen LogP contribution in [0.4, 0.5) is 5.69 Å². The van der Waals surface area contributed by atoms with Gasteiger partial charge >= 0.3 is 0 Å². The zero-order chi connectivity index (χ0) is 21.8. The summed E-state index contributed by atoms with van der Waals surface area (Å²) in [6.45, 7) is 1.81. The Balaban J connectivity index is 1.83. The van der Waals surface area contributed by atoms with Gasteiger partial charge in [-0.1, -0.05) is 0 Å². The average molecular weight is 432 g/mol. The van der Waals surface area contributed by atoms with Crippen molar-refractivity contribution >= 4 is 34.8 Å². The van der Waals surface area contributed by atoms with Crippen LogP contribution in [0.1, 0.15) is 20.7 Å². The minimum absolute atomic E-state index is 0.151. The first kappa shape index (κ1) is 23.3. The van der Waals surface area contributed by atoms with E-state index in [0.29, 0.717) is 48.9 Å². The van der Waals surface area contributed by atoms with Gasteiger partial charge in [-0.3, -0.25) is 14.9 Å². The Kier molecular flexibility index (Phi) is 9.72. The van der Waals surface area contributed by atoms with E-state index in [9.17, 15) is 9.59 Å². The predicted molar refractivity (Wildman–Crippen MR) is 118 cm³/mol. The third-order valence-electron chi connectivity index (χ3n) is 3.90. The van der Waals surface area contributed by atoms with E-state index in [1.165, 1.54) is 0 Å². The summed E-state index contributed by atoms with van der Waals surface area (Å²) in [6.07, 6.45) is 0. The molecular weight excluding hydrogens is 406 g/mol. The summed E-state index contributed by atoms with van der Waals surface area (Å²) >= 11 is 5.19. The molecule has 0 unspecified atom stereocenters. The van der Waals surface area contributed by atoms with Gasteiger partial charge in [0.25, 0.3) is 11.8 Å². The zero-order valence-corrected chi connectivity index (χ0v) is 17.7. The molecule has 0 saturated carbocycles. The Hall–Kier alpha value is -3.01. The van der Waals surface area contributed by atoms with Crippen molar-refractivity contribution in [3.63, 3.8) is 0 Å². The number of methoxy groups -OCH3 is 2. The molecule has 0 fully saturated rings. The summed E-state index contributed by atoms with van der Waals surface area (Å²) in [6, 6.07) is 13.4. The maximum Gasteiger partial charge on any atom is 0.257 e. The van der Waals surface area contributed by atoms with Crippen molar-refractivity contribution in [3.05, 3.63) is 59.7 Å². The van der Waals surface area contributed by atoms with Crippen LogP contribution in [-0.2, 0) is 9.47 Å². The van der Waals surface area contributed by atoms with Crippen molar-refractivity contribution in [3.8, 4) is 5.75 Å². The summed E-state index contributed by atoms with van der Waals surface area (Å²) in [5.74, 6) is 0.116. The maximum atomic E-state index is 12.3. The highest BCUT2D eigenvalue weighted by atomic mass is 32.1. The monoisotopic (exact) mass is 431 g/mol. The van der Waals surface area contributed by atoms with Crippen LogP contribution in [0, 0.1) is 0 Å². The molecule has 0 aliphatic carbocycles. The van der Waals surface area contributed by atoms with E-state index < -0.39 is 0 Å². The van der Waals surface area contributed by atoms with Crippen LogP contribution in [0.3, 0.4) is 0 Å². The third kappa shape index (κ3) is 7.78. The number of ether oxygens (including phenoxy) is 3. The third-order valence-corrected chi connectivity index (χ3v) is 4.10. The number of benzene rings is 2. The Bertz CT molecular complexity index is 841. The molecular formula is C21H25N3O5S. The molecule has 0 bridgehead atoms. The van der Waals surface area contributed by atoms with E-state index in [0.717, 1.165) is 0 Å². The molecule has 160 valence electrons. The van der Waals surface area contributed by atoms with Gasteiger partial charge in [-0.05, 0) is 60.7 Å². The number of carbonyl (C=O) groups excluding carboxylic acids is 2. The fraction of sp³-hybridized carbons (Fsp3) is 0.286. The first-order chi connectivity index (χ1) is 14.5. The van der Waals surface area contributed by atoms with E-state index in [1.807, 2.05) is 0 Å². The topological polar surface area (TPSA) is 97.9 Å². The fourth-order valence-corrected chi connectivity index (χ4v) is 2.57. The van der Waals surface area contributed by atoms with Crippen molar-refractivity contribution in [1.82, 2.24) is 10.6 Å². The highest BCUT2D eigenvalue weighted by molar-refractivity contribution is 7.80. The van der Waals surface area contributed by atoms with Gasteiger partial charge in [0.15, 0.2) is 5.11 Å². The molecule has 0 heterocycles. The quantitative estimate of drug-likeness (QED) is 0.392. The zero-order valence-electron chi connectivity index (χ0n) is 16.9. The second kappa shape index (κ2) is 12.5. The van der Waals surface area contributed by atoms with Crippen LogP contribution >= 0.6 is 12.2 Å². The molecule has 0 aliphatic heterocycles. The Labute approximate surface area is 180 Å². The summed E-state index contributed by atoms with van der Waals surface area (Å²) < 4.78 is 15.3. The van der Waals surface area contributed by atoms with Crippen LogP contribution in [0.2, 0.25) is 0 Å². The molecule has 8 nitrogen and oxygen atoms in total. The number of rotatable bonds is 10. The lowest BCUT2D eigenvalue weighted by Gasteiger charge is -2.11. The molecule has 0 aliphatic rings. The minimum Gasteiger partial charge on any atom is -0.491 e. The number of nitrogens with one attached hydrogen (secondary N) is 3. The second-order valence-corrected chi connectivity index (χ2v) is 6.51. The van der Waals surface area contributed by atoms with Crippen LogP contribution in [0.15, 0.2) is 48.5 Å². The number of hydrogen-bond acceptors (Lipinski definition) is 6. The molecule has 2 aromatic carbocycles.